The van der Waals surface area contributed by atoms with Crippen LogP contribution in [0, 0.1) is 5.92 Å². The molecule has 0 saturated heterocycles. The van der Waals surface area contributed by atoms with Gasteiger partial charge in [0.1, 0.15) is 0 Å². The molecule has 0 amide bonds. The van der Waals surface area contributed by atoms with Gasteiger partial charge in [0.15, 0.2) is 0 Å². The summed E-state index contributed by atoms with van der Waals surface area (Å²) in [5.74, 6) is 0.983. The lowest BCUT2D eigenvalue weighted by Gasteiger charge is -2.31. The van der Waals surface area contributed by atoms with Crippen molar-refractivity contribution in [2.75, 3.05) is 24.5 Å². The first-order valence-electron chi connectivity index (χ1n) is 9.00. The minimum absolute atomic E-state index is 0.983. The summed E-state index contributed by atoms with van der Waals surface area (Å²) in [4.78, 5) is 5.06. The van der Waals surface area contributed by atoms with Crippen LogP contribution in [0.4, 0.5) is 11.4 Å². The summed E-state index contributed by atoms with van der Waals surface area (Å²) in [6.45, 7) is 6.89. The molecule has 2 aromatic rings. The quantitative estimate of drug-likeness (QED) is 0.796. The van der Waals surface area contributed by atoms with Gasteiger partial charge in [-0.2, -0.15) is 0 Å². The Labute approximate surface area is 139 Å². The Morgan fingerprint density at radius 2 is 1.83 bits per heavy atom. The van der Waals surface area contributed by atoms with Gasteiger partial charge in [-0.15, -0.1) is 0 Å². The predicted molar refractivity (Wildman–Crippen MR) is 97.3 cm³/mol. The van der Waals surface area contributed by atoms with E-state index in [2.05, 4.69) is 65.3 Å². The lowest BCUT2D eigenvalue weighted by molar-refractivity contribution is 0.244. The van der Waals surface area contributed by atoms with E-state index in [1.807, 2.05) is 0 Å². The van der Waals surface area contributed by atoms with Crippen molar-refractivity contribution in [2.24, 2.45) is 5.92 Å². The van der Waals surface area contributed by atoms with Gasteiger partial charge in [0.25, 0.3) is 0 Å². The highest BCUT2D eigenvalue weighted by Crippen LogP contribution is 2.33. The van der Waals surface area contributed by atoms with Gasteiger partial charge < -0.3 is 4.90 Å². The van der Waals surface area contributed by atoms with Crippen LogP contribution in [0.15, 0.2) is 48.5 Å². The molecule has 1 fully saturated rings. The first-order valence-corrected chi connectivity index (χ1v) is 9.00. The summed E-state index contributed by atoms with van der Waals surface area (Å²) in [7, 11) is 0. The summed E-state index contributed by atoms with van der Waals surface area (Å²) in [5.41, 5.74) is 5.68. The normalized spacial score (nSPS) is 17.8. The molecular formula is C21H26N2. The van der Waals surface area contributed by atoms with Crippen molar-refractivity contribution in [3.8, 4) is 0 Å². The van der Waals surface area contributed by atoms with Gasteiger partial charge in [-0.3, -0.25) is 4.90 Å². The fraction of sp³-hybridized carbons (Fsp3) is 0.429. The Bertz CT molecular complexity index is 661. The van der Waals surface area contributed by atoms with Gasteiger partial charge in [0.05, 0.1) is 0 Å². The van der Waals surface area contributed by atoms with E-state index in [1.54, 1.807) is 5.56 Å². The molecule has 120 valence electrons. The molecule has 0 atom stereocenters. The number of nitrogens with zero attached hydrogens (tertiary/aromatic N) is 2. The molecule has 0 radical (unpaired) electrons. The van der Waals surface area contributed by atoms with E-state index < -0.39 is 0 Å². The maximum Gasteiger partial charge on any atom is 0.0414 e. The smallest absolute Gasteiger partial charge is 0.0414 e. The van der Waals surface area contributed by atoms with Crippen molar-refractivity contribution in [3.63, 3.8) is 0 Å². The summed E-state index contributed by atoms with van der Waals surface area (Å²) >= 11 is 0. The largest absolute Gasteiger partial charge is 0.342 e. The fourth-order valence-electron chi connectivity index (χ4n) is 3.71. The summed E-state index contributed by atoms with van der Waals surface area (Å²) in [6.07, 6.45) is 4.10. The van der Waals surface area contributed by atoms with Gasteiger partial charge in [0, 0.05) is 37.6 Å². The average molecular weight is 306 g/mol. The summed E-state index contributed by atoms with van der Waals surface area (Å²) < 4.78 is 0. The zero-order chi connectivity index (χ0) is 15.6. The molecule has 2 heteroatoms. The van der Waals surface area contributed by atoms with Crippen LogP contribution in [0.25, 0.3) is 0 Å². The van der Waals surface area contributed by atoms with Crippen molar-refractivity contribution in [3.05, 3.63) is 59.7 Å². The number of hydrogen-bond acceptors (Lipinski definition) is 2. The van der Waals surface area contributed by atoms with Crippen molar-refractivity contribution >= 4 is 11.4 Å². The molecule has 2 nitrogen and oxygen atoms in total. The maximum atomic E-state index is 2.66. The van der Waals surface area contributed by atoms with Crippen LogP contribution in [0.2, 0.25) is 0 Å². The molecule has 23 heavy (non-hydrogen) atoms. The van der Waals surface area contributed by atoms with Crippen LogP contribution in [0.1, 0.15) is 30.9 Å². The van der Waals surface area contributed by atoms with E-state index in [1.165, 1.54) is 49.3 Å². The van der Waals surface area contributed by atoms with E-state index in [0.717, 1.165) is 19.0 Å². The highest BCUT2D eigenvalue weighted by Gasteiger charge is 2.26. The second kappa shape index (κ2) is 6.37. The van der Waals surface area contributed by atoms with E-state index >= 15 is 0 Å². The molecule has 4 rings (SSSR count). The van der Waals surface area contributed by atoms with E-state index in [9.17, 15) is 0 Å². The molecule has 0 N–H and O–H groups in total. The van der Waals surface area contributed by atoms with Crippen LogP contribution in [-0.2, 0) is 13.0 Å². The molecule has 0 spiro atoms. The second-order valence-corrected chi connectivity index (χ2v) is 6.96. The number of rotatable bonds is 5. The highest BCUT2D eigenvalue weighted by molar-refractivity contribution is 5.64. The predicted octanol–water partition coefficient (Wildman–Crippen LogP) is 4.61. The molecule has 0 bridgehead atoms. The van der Waals surface area contributed by atoms with E-state index in [4.69, 9.17) is 0 Å². The molecule has 0 unspecified atom stereocenters. The van der Waals surface area contributed by atoms with Crippen LogP contribution in [-0.4, -0.2) is 24.5 Å². The number of hydrogen-bond donors (Lipinski definition) is 0. The number of benzene rings is 2. The lowest BCUT2D eigenvalue weighted by atomic mass is 9.98. The Kier molecular flexibility index (Phi) is 4.09. The number of para-hydroxylation sites is 1. The lowest BCUT2D eigenvalue weighted by Crippen LogP contribution is -2.32. The molecule has 1 heterocycles. The van der Waals surface area contributed by atoms with Crippen LogP contribution < -0.4 is 4.90 Å². The van der Waals surface area contributed by atoms with Gasteiger partial charge in [0.2, 0.25) is 0 Å². The Hall–Kier alpha value is -1.80. The van der Waals surface area contributed by atoms with Gasteiger partial charge in [-0.05, 0) is 67.5 Å². The third kappa shape index (κ3) is 3.28. The third-order valence-corrected chi connectivity index (χ3v) is 5.19. The zero-order valence-corrected chi connectivity index (χ0v) is 14.0. The Morgan fingerprint density at radius 3 is 2.57 bits per heavy atom. The van der Waals surface area contributed by atoms with Crippen molar-refractivity contribution < 1.29 is 0 Å². The Balaban J connectivity index is 1.58. The molecule has 2 aliphatic rings. The van der Waals surface area contributed by atoms with Gasteiger partial charge in [-0.25, -0.2) is 0 Å². The van der Waals surface area contributed by atoms with E-state index in [-0.39, 0.29) is 0 Å². The van der Waals surface area contributed by atoms with E-state index in [0.29, 0.717) is 0 Å². The molecule has 1 aliphatic carbocycles. The van der Waals surface area contributed by atoms with Crippen LogP contribution in [0.3, 0.4) is 0 Å². The van der Waals surface area contributed by atoms with Gasteiger partial charge >= 0.3 is 0 Å². The summed E-state index contributed by atoms with van der Waals surface area (Å²) in [6, 6.07) is 17.8. The van der Waals surface area contributed by atoms with Gasteiger partial charge in [-0.1, -0.05) is 24.3 Å². The highest BCUT2D eigenvalue weighted by atomic mass is 15.1. The molecule has 0 aromatic heterocycles. The number of anilines is 2. The van der Waals surface area contributed by atoms with Crippen molar-refractivity contribution in [2.45, 2.75) is 32.7 Å². The maximum absolute atomic E-state index is 2.66. The van der Waals surface area contributed by atoms with Crippen LogP contribution in [0.5, 0.6) is 0 Å². The molecule has 1 saturated carbocycles. The molecule has 1 aliphatic heterocycles. The molecular weight excluding hydrogens is 280 g/mol. The average Bonchev–Trinajstić information content (AvgIpc) is 3.40. The molecule has 2 aromatic carbocycles. The summed E-state index contributed by atoms with van der Waals surface area (Å²) in [5, 5.41) is 0. The SMILES string of the molecule is CCN(c1ccccc1)c1ccc2c(c1)CN(CC1CC1)CC2. The van der Waals surface area contributed by atoms with Crippen molar-refractivity contribution in [1.29, 1.82) is 0 Å². The first-order chi connectivity index (χ1) is 11.3. The first kappa shape index (κ1) is 14.8. The third-order valence-electron chi connectivity index (χ3n) is 5.19. The monoisotopic (exact) mass is 306 g/mol. The zero-order valence-electron chi connectivity index (χ0n) is 14.0. The second-order valence-electron chi connectivity index (χ2n) is 6.96. The number of fused-ring (bicyclic) bond motifs is 1. The fourth-order valence-corrected chi connectivity index (χ4v) is 3.71. The Morgan fingerprint density at radius 1 is 1.00 bits per heavy atom. The van der Waals surface area contributed by atoms with Crippen molar-refractivity contribution in [1.82, 2.24) is 4.90 Å². The standard InChI is InChI=1S/C21H26N2/c1-2-23(20-6-4-3-5-7-20)21-11-10-18-12-13-22(15-17-8-9-17)16-19(18)14-21/h3-7,10-11,14,17H,2,8-9,12-13,15-16H2,1H3. The topological polar surface area (TPSA) is 6.48 Å². The minimum Gasteiger partial charge on any atom is -0.342 e. The van der Waals surface area contributed by atoms with Crippen LogP contribution >= 0.6 is 0 Å². The minimum atomic E-state index is 0.983.